The molecule has 2 N–H and O–H groups in total. The van der Waals surface area contributed by atoms with Crippen molar-refractivity contribution in [1.29, 1.82) is 0 Å². The Labute approximate surface area is 144 Å². The Bertz CT molecular complexity index is 747. The number of aromatic nitrogens is 1. The van der Waals surface area contributed by atoms with E-state index in [4.69, 9.17) is 17.3 Å². The summed E-state index contributed by atoms with van der Waals surface area (Å²) in [5, 5.41) is 18.9. The molecule has 0 aliphatic heterocycles. The molecule has 1 unspecified atom stereocenters. The third kappa shape index (κ3) is 4.77. The fourth-order valence-corrected chi connectivity index (χ4v) is 3.48. The lowest BCUT2D eigenvalue weighted by Gasteiger charge is -2.06. The number of rotatable bonds is 7. The van der Waals surface area contributed by atoms with E-state index in [0.29, 0.717) is 21.8 Å². The average Bonchev–Trinajstić information content (AvgIpc) is 2.80. The van der Waals surface area contributed by atoms with Crippen LogP contribution in [0.3, 0.4) is 0 Å². The minimum Gasteiger partial charge on any atom is -0.493 e. The second-order valence-electron chi connectivity index (χ2n) is 5.26. The van der Waals surface area contributed by atoms with Crippen LogP contribution in [0.4, 0.5) is 0 Å². The monoisotopic (exact) mass is 349 g/mol. The molecule has 23 heavy (non-hydrogen) atoms. The van der Waals surface area contributed by atoms with Crippen LogP contribution in [-0.4, -0.2) is 20.7 Å². The highest BCUT2D eigenvalue weighted by atomic mass is 32.1. The van der Waals surface area contributed by atoms with E-state index in [9.17, 15) is 9.90 Å². The van der Waals surface area contributed by atoms with Crippen LogP contribution in [-0.2, 0) is 11.3 Å². The van der Waals surface area contributed by atoms with Gasteiger partial charge in [-0.25, -0.2) is 0 Å². The van der Waals surface area contributed by atoms with Crippen molar-refractivity contribution in [3.8, 4) is 5.88 Å². The molecule has 6 heteroatoms. The smallest absolute Gasteiger partial charge is 0.303 e. The molecule has 2 aromatic rings. The number of hydrogen-bond donors (Lipinski definition) is 2. The van der Waals surface area contributed by atoms with Gasteiger partial charge in [-0.05, 0) is 36.2 Å². The van der Waals surface area contributed by atoms with E-state index in [1.54, 1.807) is 4.57 Å². The van der Waals surface area contributed by atoms with Gasteiger partial charge in [0.2, 0.25) is 5.88 Å². The number of nitrogens with zero attached hydrogens (tertiary/aromatic N) is 1. The maximum atomic E-state index is 10.6. The highest BCUT2D eigenvalue weighted by molar-refractivity contribution is 7.73. The SMILES string of the molecule is CC(C=Cc1sc(=S)n(CCCC(=O)O)c1O)c1ccccc1. The zero-order chi connectivity index (χ0) is 16.8. The number of hydrogen-bond acceptors (Lipinski definition) is 4. The molecule has 1 aromatic heterocycles. The number of thiazole rings is 1. The molecule has 0 radical (unpaired) electrons. The van der Waals surface area contributed by atoms with E-state index in [1.165, 1.54) is 16.9 Å². The van der Waals surface area contributed by atoms with Gasteiger partial charge in [0, 0.05) is 13.0 Å². The molecule has 1 heterocycles. The maximum absolute atomic E-state index is 10.6. The predicted octanol–water partition coefficient (Wildman–Crippen LogP) is 4.67. The molecule has 4 nitrogen and oxygen atoms in total. The van der Waals surface area contributed by atoms with Crippen molar-refractivity contribution in [2.45, 2.75) is 32.2 Å². The van der Waals surface area contributed by atoms with Gasteiger partial charge in [-0.1, -0.05) is 43.3 Å². The van der Waals surface area contributed by atoms with Crippen molar-refractivity contribution in [1.82, 2.24) is 4.57 Å². The van der Waals surface area contributed by atoms with E-state index >= 15 is 0 Å². The topological polar surface area (TPSA) is 62.5 Å². The van der Waals surface area contributed by atoms with Crippen LogP contribution < -0.4 is 0 Å². The van der Waals surface area contributed by atoms with E-state index in [2.05, 4.69) is 19.1 Å². The highest BCUT2D eigenvalue weighted by Gasteiger charge is 2.10. The first kappa shape index (κ1) is 17.4. The number of aromatic hydroxyl groups is 1. The second kappa shape index (κ2) is 8.08. The molecule has 0 aliphatic carbocycles. The molecular weight excluding hydrogens is 330 g/mol. The van der Waals surface area contributed by atoms with Crippen LogP contribution in [0.1, 0.15) is 36.1 Å². The highest BCUT2D eigenvalue weighted by Crippen LogP contribution is 2.29. The van der Waals surface area contributed by atoms with Gasteiger partial charge in [-0.2, -0.15) is 0 Å². The van der Waals surface area contributed by atoms with Crippen molar-refractivity contribution in [2.75, 3.05) is 0 Å². The average molecular weight is 349 g/mol. The van der Waals surface area contributed by atoms with Gasteiger partial charge in [-0.3, -0.25) is 9.36 Å². The zero-order valence-corrected chi connectivity index (χ0v) is 14.4. The van der Waals surface area contributed by atoms with Crippen molar-refractivity contribution < 1.29 is 15.0 Å². The molecule has 2 rings (SSSR count). The van der Waals surface area contributed by atoms with Crippen LogP contribution in [0, 0.1) is 3.95 Å². The minimum atomic E-state index is -0.844. The first-order chi connectivity index (χ1) is 11.0. The number of aliphatic carboxylic acids is 1. The summed E-state index contributed by atoms with van der Waals surface area (Å²) in [5.74, 6) is -0.503. The quantitative estimate of drug-likeness (QED) is 0.713. The molecule has 0 bridgehead atoms. The molecule has 0 amide bonds. The predicted molar refractivity (Wildman–Crippen MR) is 95.6 cm³/mol. The van der Waals surface area contributed by atoms with Gasteiger partial charge in [0.1, 0.15) is 0 Å². The molecule has 1 atom stereocenters. The Morgan fingerprint density at radius 2 is 2.09 bits per heavy atom. The Kier molecular flexibility index (Phi) is 6.12. The fourth-order valence-electron chi connectivity index (χ4n) is 2.21. The van der Waals surface area contributed by atoms with Crippen LogP contribution >= 0.6 is 23.6 Å². The zero-order valence-electron chi connectivity index (χ0n) is 12.8. The van der Waals surface area contributed by atoms with Crippen molar-refractivity contribution in [3.63, 3.8) is 0 Å². The third-order valence-electron chi connectivity index (χ3n) is 3.53. The fraction of sp³-hybridized carbons (Fsp3) is 0.294. The molecule has 0 aliphatic rings. The molecule has 1 aromatic carbocycles. The molecule has 0 saturated heterocycles. The van der Waals surface area contributed by atoms with Crippen molar-refractivity contribution in [2.24, 2.45) is 0 Å². The minimum absolute atomic E-state index is 0.0628. The van der Waals surface area contributed by atoms with Crippen LogP contribution in [0.5, 0.6) is 5.88 Å². The summed E-state index contributed by atoms with van der Waals surface area (Å²) in [6, 6.07) is 10.1. The summed E-state index contributed by atoms with van der Waals surface area (Å²) in [4.78, 5) is 11.3. The number of carbonyl (C=O) groups is 1. The molecule has 0 spiro atoms. The summed E-state index contributed by atoms with van der Waals surface area (Å²) in [7, 11) is 0. The van der Waals surface area contributed by atoms with E-state index in [0.717, 1.165) is 0 Å². The van der Waals surface area contributed by atoms with Gasteiger partial charge < -0.3 is 10.2 Å². The largest absolute Gasteiger partial charge is 0.493 e. The van der Waals surface area contributed by atoms with Crippen molar-refractivity contribution >= 4 is 35.6 Å². The first-order valence-corrected chi connectivity index (χ1v) is 8.59. The summed E-state index contributed by atoms with van der Waals surface area (Å²) in [6.45, 7) is 2.50. The summed E-state index contributed by atoms with van der Waals surface area (Å²) < 4.78 is 2.15. The van der Waals surface area contributed by atoms with Gasteiger partial charge >= 0.3 is 5.97 Å². The molecule has 0 fully saturated rings. The van der Waals surface area contributed by atoms with Gasteiger partial charge in [-0.15, -0.1) is 11.3 Å². The van der Waals surface area contributed by atoms with Gasteiger partial charge in [0.25, 0.3) is 0 Å². The Balaban J connectivity index is 2.10. The molecule has 0 saturated carbocycles. The number of carboxylic acids is 1. The summed E-state index contributed by atoms with van der Waals surface area (Å²) in [6.07, 6.45) is 4.41. The van der Waals surface area contributed by atoms with E-state index in [-0.39, 0.29) is 18.2 Å². The number of carboxylic acid groups (broad SMARTS) is 1. The van der Waals surface area contributed by atoms with Crippen molar-refractivity contribution in [3.05, 3.63) is 50.8 Å². The Morgan fingerprint density at radius 1 is 1.39 bits per heavy atom. The van der Waals surface area contributed by atoms with E-state index < -0.39 is 5.97 Å². The maximum Gasteiger partial charge on any atom is 0.303 e. The molecule has 122 valence electrons. The van der Waals surface area contributed by atoms with Crippen LogP contribution in [0.2, 0.25) is 0 Å². The second-order valence-corrected chi connectivity index (χ2v) is 6.94. The first-order valence-electron chi connectivity index (χ1n) is 7.36. The molecular formula is C17H19NO3S2. The lowest BCUT2D eigenvalue weighted by atomic mass is 10.0. The summed E-state index contributed by atoms with van der Waals surface area (Å²) in [5.41, 5.74) is 1.20. The number of allylic oxidation sites excluding steroid dienone is 1. The Morgan fingerprint density at radius 3 is 2.74 bits per heavy atom. The lowest BCUT2D eigenvalue weighted by Crippen LogP contribution is -2.01. The van der Waals surface area contributed by atoms with Gasteiger partial charge in [0.05, 0.1) is 4.88 Å². The normalized spacial score (nSPS) is 12.6. The van der Waals surface area contributed by atoms with Gasteiger partial charge in [0.15, 0.2) is 3.95 Å². The van der Waals surface area contributed by atoms with Crippen LogP contribution in [0.15, 0.2) is 36.4 Å². The van der Waals surface area contributed by atoms with Crippen LogP contribution in [0.25, 0.3) is 6.08 Å². The number of benzene rings is 1. The third-order valence-corrected chi connectivity index (χ3v) is 4.93. The lowest BCUT2D eigenvalue weighted by molar-refractivity contribution is -0.137. The standard InChI is InChI=1S/C17H19NO3S2/c1-12(13-6-3-2-4-7-13)9-10-14-16(21)18(17(22)23-14)11-5-8-15(19)20/h2-4,6-7,9-10,12,21H,5,8,11H2,1H3,(H,19,20). The summed E-state index contributed by atoms with van der Waals surface area (Å²) >= 11 is 6.58. The Hall–Kier alpha value is -1.92. The van der Waals surface area contributed by atoms with E-state index in [1.807, 2.05) is 30.4 Å².